The first kappa shape index (κ1) is 41.4. The van der Waals surface area contributed by atoms with Crippen LogP contribution < -0.4 is 20.1 Å². The molecule has 0 spiro atoms. The number of rotatable bonds is 16. The molecule has 3 aliphatic rings. The second-order valence-electron chi connectivity index (χ2n) is 15.1. The Morgan fingerprint density at radius 3 is 2.54 bits per heavy atom. The van der Waals surface area contributed by atoms with Gasteiger partial charge in [0.2, 0.25) is 17.7 Å². The third kappa shape index (κ3) is 9.44. The second-order valence-corrected chi connectivity index (χ2v) is 15.5. The highest BCUT2D eigenvalue weighted by Gasteiger charge is 2.46. The van der Waals surface area contributed by atoms with Crippen molar-refractivity contribution in [3.63, 3.8) is 0 Å². The number of hydrogen-bond acceptors (Lipinski definition) is 10. The lowest BCUT2D eigenvalue weighted by atomic mass is 9.73. The molecule has 2 N–H and O–H groups in total. The first-order chi connectivity index (χ1) is 28.5. The van der Waals surface area contributed by atoms with Crippen LogP contribution in [0, 0.1) is 17.7 Å². The first-order valence-corrected chi connectivity index (χ1v) is 20.2. The Morgan fingerprint density at radius 2 is 1.75 bits per heavy atom. The zero-order chi connectivity index (χ0) is 41.6. The molecule has 0 bridgehead atoms. The van der Waals surface area contributed by atoms with Crippen LogP contribution in [0.3, 0.4) is 0 Å². The van der Waals surface area contributed by atoms with Crippen LogP contribution >= 0.6 is 11.6 Å². The van der Waals surface area contributed by atoms with E-state index in [0.29, 0.717) is 22.9 Å². The van der Waals surface area contributed by atoms with Gasteiger partial charge in [-0.25, -0.2) is 4.39 Å². The largest absolute Gasteiger partial charge is 0.490 e. The van der Waals surface area contributed by atoms with Crippen molar-refractivity contribution in [2.45, 2.75) is 70.3 Å². The number of Topliss-reactive ketones (excluding diaryl/α,β-unsaturated/α-hetero) is 1. The van der Waals surface area contributed by atoms with Gasteiger partial charge < -0.3 is 19.5 Å². The molecular formula is C44H44ClFN4O9. The normalized spacial score (nSPS) is 19.6. The van der Waals surface area contributed by atoms with Crippen LogP contribution in [0.25, 0.3) is 10.9 Å². The van der Waals surface area contributed by atoms with E-state index in [0.717, 1.165) is 47.0 Å². The molecule has 15 heteroatoms. The molecule has 3 heterocycles. The average molecular weight is 827 g/mol. The number of imide groups is 2. The summed E-state index contributed by atoms with van der Waals surface area (Å²) in [5.74, 6) is -2.44. The van der Waals surface area contributed by atoms with Gasteiger partial charge in [0, 0.05) is 48.7 Å². The van der Waals surface area contributed by atoms with Gasteiger partial charge in [0.05, 0.1) is 28.3 Å². The minimum Gasteiger partial charge on any atom is -0.490 e. The van der Waals surface area contributed by atoms with Crippen molar-refractivity contribution in [3.05, 3.63) is 94.4 Å². The van der Waals surface area contributed by atoms with Crippen molar-refractivity contribution in [3.8, 4) is 11.5 Å². The quantitative estimate of drug-likeness (QED) is 0.0905. The molecule has 1 aromatic heterocycles. The standard InChI is InChI=1S/C44H44ClFN4O9/c1-25(26-7-9-27(10-8-26)31-17-18-47-35-14-11-28(46)22-33(31)35)41(53)48-29-12-13-34(45)38(23-29)58-21-20-57-19-3-4-30(51)24-59-37-6-2-5-32-40(37)44(56)50(43(32)55)36-15-16-39(52)49-42(36)54/h2,5-6,11-14,17-18,22-23,25-27,36H,3-4,7-10,15-16,19-21,24H2,1H3,(H,48,53)(H,49,52,54)/t25-,26?,27?,36?/m1/s1. The number of nitrogens with one attached hydrogen (secondary N) is 2. The second kappa shape index (κ2) is 18.5. The number of carbonyl (C=O) groups is 6. The number of piperidine rings is 1. The minimum atomic E-state index is -1.11. The van der Waals surface area contributed by atoms with E-state index in [-0.39, 0.29) is 97.8 Å². The highest BCUT2D eigenvalue weighted by Crippen LogP contribution is 2.41. The van der Waals surface area contributed by atoms with E-state index in [9.17, 15) is 33.2 Å². The van der Waals surface area contributed by atoms with E-state index < -0.39 is 29.7 Å². The van der Waals surface area contributed by atoms with Crippen molar-refractivity contribution in [2.24, 2.45) is 11.8 Å². The summed E-state index contributed by atoms with van der Waals surface area (Å²) in [5.41, 5.74) is 2.49. The number of ketones is 1. The van der Waals surface area contributed by atoms with E-state index in [1.165, 1.54) is 24.3 Å². The van der Waals surface area contributed by atoms with Gasteiger partial charge >= 0.3 is 0 Å². The maximum atomic E-state index is 14.0. The zero-order valence-corrected chi connectivity index (χ0v) is 33.2. The molecule has 308 valence electrons. The van der Waals surface area contributed by atoms with Crippen LogP contribution in [0.5, 0.6) is 11.5 Å². The van der Waals surface area contributed by atoms with Crippen LogP contribution in [0.15, 0.2) is 66.9 Å². The minimum absolute atomic E-state index is 0.00396. The van der Waals surface area contributed by atoms with E-state index in [4.69, 9.17) is 25.8 Å². The van der Waals surface area contributed by atoms with E-state index in [2.05, 4.69) is 15.6 Å². The third-order valence-corrected chi connectivity index (χ3v) is 11.6. The molecule has 2 fully saturated rings. The van der Waals surface area contributed by atoms with Gasteiger partial charge in [-0.05, 0) is 104 Å². The summed E-state index contributed by atoms with van der Waals surface area (Å²) in [4.78, 5) is 81.3. The number of fused-ring (bicyclic) bond motifs is 2. The zero-order valence-electron chi connectivity index (χ0n) is 32.5. The number of ether oxygens (including phenoxy) is 3. The fraction of sp³-hybridized carbons (Fsp3) is 0.386. The van der Waals surface area contributed by atoms with Crippen molar-refractivity contribution >= 4 is 63.5 Å². The molecule has 1 aliphatic carbocycles. The number of anilines is 1. The van der Waals surface area contributed by atoms with Gasteiger partial charge in [0.15, 0.2) is 5.78 Å². The number of pyridine rings is 1. The summed E-state index contributed by atoms with van der Waals surface area (Å²) in [6.07, 6.45) is 5.92. The number of hydrogen-bond donors (Lipinski definition) is 2. The number of amides is 5. The van der Waals surface area contributed by atoms with Crippen LogP contribution in [-0.2, 0) is 23.9 Å². The van der Waals surface area contributed by atoms with Crippen molar-refractivity contribution in [2.75, 3.05) is 31.7 Å². The summed E-state index contributed by atoms with van der Waals surface area (Å²) in [7, 11) is 0. The van der Waals surface area contributed by atoms with Crippen LogP contribution in [0.2, 0.25) is 5.02 Å². The molecule has 2 aliphatic heterocycles. The predicted octanol–water partition coefficient (Wildman–Crippen LogP) is 6.80. The molecule has 59 heavy (non-hydrogen) atoms. The molecule has 7 rings (SSSR count). The van der Waals surface area contributed by atoms with Gasteiger partial charge in [-0.15, -0.1) is 0 Å². The first-order valence-electron chi connectivity index (χ1n) is 19.8. The summed E-state index contributed by atoms with van der Waals surface area (Å²) in [5, 5.41) is 6.39. The summed E-state index contributed by atoms with van der Waals surface area (Å²) in [6.45, 7) is 2.28. The lowest BCUT2D eigenvalue weighted by Gasteiger charge is -2.32. The monoisotopic (exact) mass is 826 g/mol. The molecule has 1 unspecified atom stereocenters. The molecular weight excluding hydrogens is 783 g/mol. The smallest absolute Gasteiger partial charge is 0.266 e. The van der Waals surface area contributed by atoms with Crippen molar-refractivity contribution < 1.29 is 47.4 Å². The molecule has 3 aromatic carbocycles. The van der Waals surface area contributed by atoms with Gasteiger partial charge in [-0.1, -0.05) is 24.6 Å². The predicted molar refractivity (Wildman–Crippen MR) is 215 cm³/mol. The van der Waals surface area contributed by atoms with Crippen molar-refractivity contribution in [1.82, 2.24) is 15.2 Å². The molecule has 2 atom stereocenters. The fourth-order valence-electron chi connectivity index (χ4n) is 8.11. The van der Waals surface area contributed by atoms with Crippen LogP contribution in [-0.4, -0.2) is 77.7 Å². The average Bonchev–Trinajstić information content (AvgIpc) is 3.49. The molecule has 4 aromatic rings. The lowest BCUT2D eigenvalue weighted by Crippen LogP contribution is -2.54. The van der Waals surface area contributed by atoms with Gasteiger partial charge in [0.25, 0.3) is 11.8 Å². The molecule has 0 radical (unpaired) electrons. The highest BCUT2D eigenvalue weighted by molar-refractivity contribution is 6.32. The van der Waals surface area contributed by atoms with E-state index in [1.807, 2.05) is 13.0 Å². The van der Waals surface area contributed by atoms with Crippen LogP contribution in [0.4, 0.5) is 10.1 Å². The number of benzene rings is 3. The molecule has 1 saturated heterocycles. The Balaban J connectivity index is 0.803. The van der Waals surface area contributed by atoms with E-state index >= 15 is 0 Å². The topological polar surface area (TPSA) is 170 Å². The van der Waals surface area contributed by atoms with Gasteiger partial charge in [0.1, 0.15) is 36.6 Å². The molecule has 13 nitrogen and oxygen atoms in total. The number of carbonyl (C=O) groups excluding carboxylic acids is 6. The van der Waals surface area contributed by atoms with Crippen molar-refractivity contribution in [1.29, 1.82) is 0 Å². The highest BCUT2D eigenvalue weighted by atomic mass is 35.5. The Labute approximate surface area is 344 Å². The Bertz CT molecular complexity index is 2300. The summed E-state index contributed by atoms with van der Waals surface area (Å²) in [6, 6.07) is 15.1. The van der Waals surface area contributed by atoms with Crippen LogP contribution in [0.1, 0.15) is 90.5 Å². The Morgan fingerprint density at radius 1 is 0.932 bits per heavy atom. The SMILES string of the molecule is C[C@@H](C(=O)Nc1ccc(Cl)c(OCCOCCCC(=O)COc2cccc3c2C(=O)N(C2CCC(=O)NC2=O)C3=O)c1)C1CCC(c2ccnc3ccc(F)cc23)CC1. The molecule has 5 amide bonds. The fourth-order valence-corrected chi connectivity index (χ4v) is 8.28. The van der Waals surface area contributed by atoms with Gasteiger partial charge in [-0.2, -0.15) is 0 Å². The summed E-state index contributed by atoms with van der Waals surface area (Å²) >= 11 is 6.38. The lowest BCUT2D eigenvalue weighted by molar-refractivity contribution is -0.136. The Kier molecular flexibility index (Phi) is 13.0. The number of halogens is 2. The maximum absolute atomic E-state index is 14.0. The summed E-state index contributed by atoms with van der Waals surface area (Å²) < 4.78 is 31.2. The number of nitrogens with zero attached hydrogens (tertiary/aromatic N) is 2. The Hall–Kier alpha value is -5.73. The molecule has 1 saturated carbocycles. The third-order valence-electron chi connectivity index (χ3n) is 11.3. The maximum Gasteiger partial charge on any atom is 0.266 e. The van der Waals surface area contributed by atoms with Gasteiger partial charge in [-0.3, -0.25) is 44.0 Å². The number of aromatic nitrogens is 1. The van der Waals surface area contributed by atoms with E-state index in [1.54, 1.807) is 36.5 Å².